The van der Waals surface area contributed by atoms with Crippen molar-refractivity contribution in [2.24, 2.45) is 0 Å². The van der Waals surface area contributed by atoms with Crippen LogP contribution in [0.1, 0.15) is 16.7 Å². The van der Waals surface area contributed by atoms with Gasteiger partial charge in [0.15, 0.2) is 0 Å². The van der Waals surface area contributed by atoms with E-state index >= 15 is 0 Å². The molecule has 1 aliphatic rings. The van der Waals surface area contributed by atoms with Crippen LogP contribution < -0.4 is 0 Å². The molecule has 1 aliphatic carbocycles. The maximum atomic E-state index is 3.60. The molecule has 0 aliphatic heterocycles. The van der Waals surface area contributed by atoms with Crippen molar-refractivity contribution in [1.29, 1.82) is 0 Å². The van der Waals surface area contributed by atoms with Crippen LogP contribution in [-0.4, -0.2) is 10.2 Å². The summed E-state index contributed by atoms with van der Waals surface area (Å²) < 4.78 is 0. The summed E-state index contributed by atoms with van der Waals surface area (Å²) in [6, 6.07) is 8.41. The zero-order valence-electron chi connectivity index (χ0n) is 5.54. The smallest absolute Gasteiger partial charge is 0.0388 e. The summed E-state index contributed by atoms with van der Waals surface area (Å²) in [5, 5.41) is 0. The van der Waals surface area contributed by atoms with Gasteiger partial charge in [-0.05, 0) is 16.7 Å². The number of rotatable bonds is 0. The lowest BCUT2D eigenvalue weighted by atomic mass is 10.1. The van der Waals surface area contributed by atoms with Crippen LogP contribution >= 0.6 is 0 Å². The number of fused-ring (bicyclic) bond motifs is 1. The molecule has 0 N–H and O–H groups in total. The lowest BCUT2D eigenvalue weighted by Gasteiger charge is -2.01. The molecule has 10 heavy (non-hydrogen) atoms. The Morgan fingerprint density at radius 3 is 2.80 bits per heavy atom. The molecule has 1 heteroatoms. The third-order valence-electron chi connectivity index (χ3n) is 1.80. The maximum Gasteiger partial charge on any atom is 0.0388 e. The summed E-state index contributed by atoms with van der Waals surface area (Å²) in [5.74, 6) is 0. The molecule has 0 saturated carbocycles. The zero-order chi connectivity index (χ0) is 6.97. The molecular formula is C9H7Si. The predicted octanol–water partition coefficient (Wildman–Crippen LogP) is 1.92. The minimum absolute atomic E-state index is 0.427. The van der Waals surface area contributed by atoms with Gasteiger partial charge >= 0.3 is 0 Å². The van der Waals surface area contributed by atoms with Crippen molar-refractivity contribution in [2.75, 3.05) is 0 Å². The SMILES string of the molecule is [Si]C1C=Cc2ccccc21. The quantitative estimate of drug-likeness (QED) is 0.487. The molecule has 0 amide bonds. The molecule has 3 radical (unpaired) electrons. The van der Waals surface area contributed by atoms with Gasteiger partial charge in [0.1, 0.15) is 0 Å². The van der Waals surface area contributed by atoms with Gasteiger partial charge in [0, 0.05) is 10.2 Å². The summed E-state index contributed by atoms with van der Waals surface area (Å²) in [6.45, 7) is 0. The number of allylic oxidation sites excluding steroid dienone is 1. The molecule has 0 saturated heterocycles. The zero-order valence-corrected chi connectivity index (χ0v) is 6.54. The lowest BCUT2D eigenvalue weighted by Crippen LogP contribution is -1.89. The van der Waals surface area contributed by atoms with E-state index in [-0.39, 0.29) is 0 Å². The first kappa shape index (κ1) is 5.92. The van der Waals surface area contributed by atoms with Gasteiger partial charge in [-0.2, -0.15) is 0 Å². The molecule has 47 valence electrons. The number of hydrogen-bond donors (Lipinski definition) is 0. The Hall–Kier alpha value is -0.823. The van der Waals surface area contributed by atoms with Crippen LogP contribution in [0.25, 0.3) is 6.08 Å². The van der Waals surface area contributed by atoms with E-state index in [1.807, 2.05) is 0 Å². The Morgan fingerprint density at radius 2 is 2.00 bits per heavy atom. The van der Waals surface area contributed by atoms with Crippen LogP contribution in [-0.2, 0) is 0 Å². The summed E-state index contributed by atoms with van der Waals surface area (Å²) >= 11 is 0. The second kappa shape index (κ2) is 2.10. The van der Waals surface area contributed by atoms with Crippen LogP contribution in [0.3, 0.4) is 0 Å². The van der Waals surface area contributed by atoms with Crippen LogP contribution in [0, 0.1) is 0 Å². The van der Waals surface area contributed by atoms with Gasteiger partial charge in [-0.3, -0.25) is 0 Å². The Balaban J connectivity index is 2.59. The number of hydrogen-bond acceptors (Lipinski definition) is 0. The molecule has 0 nitrogen and oxygen atoms in total. The molecule has 0 spiro atoms. The van der Waals surface area contributed by atoms with Gasteiger partial charge in [0.2, 0.25) is 0 Å². The first-order chi connectivity index (χ1) is 4.88. The molecule has 0 heterocycles. The Morgan fingerprint density at radius 1 is 1.20 bits per heavy atom. The fourth-order valence-electron chi connectivity index (χ4n) is 1.25. The largest absolute Gasteiger partial charge is 0.0800 e. The van der Waals surface area contributed by atoms with Gasteiger partial charge in [0.05, 0.1) is 0 Å². The van der Waals surface area contributed by atoms with Crippen molar-refractivity contribution in [2.45, 2.75) is 5.54 Å². The second-order valence-electron chi connectivity index (χ2n) is 2.47. The van der Waals surface area contributed by atoms with E-state index in [1.165, 1.54) is 11.1 Å². The van der Waals surface area contributed by atoms with Crippen LogP contribution in [0.5, 0.6) is 0 Å². The van der Waals surface area contributed by atoms with Crippen molar-refractivity contribution < 1.29 is 0 Å². The summed E-state index contributed by atoms with van der Waals surface area (Å²) in [7, 11) is 3.60. The highest BCUT2D eigenvalue weighted by Gasteiger charge is 2.10. The molecule has 1 aromatic carbocycles. The molecule has 0 aromatic heterocycles. The average molecular weight is 143 g/mol. The van der Waals surface area contributed by atoms with Gasteiger partial charge in [-0.25, -0.2) is 0 Å². The third-order valence-corrected chi connectivity index (χ3v) is 2.30. The highest BCUT2D eigenvalue weighted by Crippen LogP contribution is 2.26. The van der Waals surface area contributed by atoms with E-state index < -0.39 is 0 Å². The third kappa shape index (κ3) is 0.745. The van der Waals surface area contributed by atoms with E-state index in [2.05, 4.69) is 46.7 Å². The van der Waals surface area contributed by atoms with Crippen molar-refractivity contribution in [3.05, 3.63) is 41.5 Å². The average Bonchev–Trinajstić information content (AvgIpc) is 2.34. The van der Waals surface area contributed by atoms with Gasteiger partial charge in [-0.15, -0.1) is 0 Å². The van der Waals surface area contributed by atoms with Crippen molar-refractivity contribution >= 4 is 16.3 Å². The maximum absolute atomic E-state index is 3.60. The van der Waals surface area contributed by atoms with Crippen LogP contribution in [0.15, 0.2) is 30.3 Å². The molecule has 1 unspecified atom stereocenters. The van der Waals surface area contributed by atoms with Crippen LogP contribution in [0.2, 0.25) is 0 Å². The van der Waals surface area contributed by atoms with Crippen molar-refractivity contribution in [1.82, 2.24) is 0 Å². The van der Waals surface area contributed by atoms with Gasteiger partial charge in [-0.1, -0.05) is 36.4 Å². The fraction of sp³-hybridized carbons (Fsp3) is 0.111. The molecule has 2 rings (SSSR count). The standard InChI is InChI=1S/C9H7Si/c10-9-6-5-7-3-1-2-4-8(7)9/h1-6,9H. The Labute approximate surface area is 64.0 Å². The van der Waals surface area contributed by atoms with Gasteiger partial charge in [0.25, 0.3) is 0 Å². The molecule has 1 atom stereocenters. The van der Waals surface area contributed by atoms with Crippen molar-refractivity contribution in [3.8, 4) is 0 Å². The minimum Gasteiger partial charge on any atom is -0.0800 e. The fourth-order valence-corrected chi connectivity index (χ4v) is 1.61. The normalized spacial score (nSPS) is 21.1. The second-order valence-corrected chi connectivity index (χ2v) is 3.09. The summed E-state index contributed by atoms with van der Waals surface area (Å²) in [4.78, 5) is 0. The predicted molar refractivity (Wildman–Crippen MR) is 44.0 cm³/mol. The topological polar surface area (TPSA) is 0 Å². The highest BCUT2D eigenvalue weighted by atomic mass is 28.1. The lowest BCUT2D eigenvalue weighted by molar-refractivity contribution is 1.25. The first-order valence-electron chi connectivity index (χ1n) is 3.36. The van der Waals surface area contributed by atoms with E-state index in [0.29, 0.717) is 5.54 Å². The van der Waals surface area contributed by atoms with Gasteiger partial charge < -0.3 is 0 Å². The van der Waals surface area contributed by atoms with Crippen molar-refractivity contribution in [3.63, 3.8) is 0 Å². The minimum atomic E-state index is 0.427. The summed E-state index contributed by atoms with van der Waals surface area (Å²) in [5.41, 5.74) is 3.14. The number of benzene rings is 1. The van der Waals surface area contributed by atoms with Crippen LogP contribution in [0.4, 0.5) is 0 Å². The monoisotopic (exact) mass is 143 g/mol. The first-order valence-corrected chi connectivity index (χ1v) is 3.94. The molecule has 1 aromatic rings. The van der Waals surface area contributed by atoms with E-state index in [0.717, 1.165) is 0 Å². The Kier molecular flexibility index (Phi) is 1.24. The van der Waals surface area contributed by atoms with E-state index in [1.54, 1.807) is 0 Å². The molecule has 0 bridgehead atoms. The molecule has 0 fully saturated rings. The molecular weight excluding hydrogens is 136 g/mol. The summed E-state index contributed by atoms with van der Waals surface area (Å²) in [6.07, 6.45) is 4.30. The highest BCUT2D eigenvalue weighted by molar-refractivity contribution is 6.15. The van der Waals surface area contributed by atoms with E-state index in [4.69, 9.17) is 0 Å². The van der Waals surface area contributed by atoms with E-state index in [9.17, 15) is 0 Å². The Bertz CT molecular complexity index is 276.